The Balaban J connectivity index is 2.90. The summed E-state index contributed by atoms with van der Waals surface area (Å²) in [5.41, 5.74) is 0.140. The molecule has 1 aliphatic heterocycles. The van der Waals surface area contributed by atoms with Gasteiger partial charge in [-0.2, -0.15) is 5.10 Å². The number of hydrogen-bond donors (Lipinski definition) is 0. The van der Waals surface area contributed by atoms with E-state index < -0.39 is 11.3 Å². The van der Waals surface area contributed by atoms with Crippen molar-refractivity contribution in [3.63, 3.8) is 0 Å². The van der Waals surface area contributed by atoms with Crippen LogP contribution in [0.25, 0.3) is 0 Å². The first-order valence-corrected chi connectivity index (χ1v) is 3.78. The van der Waals surface area contributed by atoms with Crippen LogP contribution in [-0.4, -0.2) is 35.4 Å². The highest BCUT2D eigenvalue weighted by Gasteiger charge is 2.41. The number of rotatable bonds is 2. The highest BCUT2D eigenvalue weighted by molar-refractivity contribution is 6.30. The van der Waals surface area contributed by atoms with Crippen LogP contribution >= 0.6 is 0 Å². The van der Waals surface area contributed by atoms with E-state index in [0.29, 0.717) is 12.7 Å². The molecule has 1 heterocycles. The molecule has 4 heteroatoms. The van der Waals surface area contributed by atoms with E-state index in [1.165, 1.54) is 0 Å². The SMILES string of the molecule is CC1=NN(C)C(C)(C(=O)C=O)C1. The number of hydrogen-bond acceptors (Lipinski definition) is 4. The zero-order valence-corrected chi connectivity index (χ0v) is 7.50. The monoisotopic (exact) mass is 168 g/mol. The van der Waals surface area contributed by atoms with Crippen molar-refractivity contribution in [3.8, 4) is 0 Å². The lowest BCUT2D eigenvalue weighted by Gasteiger charge is -2.27. The summed E-state index contributed by atoms with van der Waals surface area (Å²) in [4.78, 5) is 21.5. The molecule has 0 bridgehead atoms. The number of likely N-dealkylation sites (N-methyl/N-ethyl adjacent to an activating group) is 1. The van der Waals surface area contributed by atoms with Gasteiger partial charge in [-0.1, -0.05) is 0 Å². The molecule has 1 aliphatic rings. The number of aldehydes is 1. The smallest absolute Gasteiger partial charge is 0.222 e. The largest absolute Gasteiger partial charge is 0.295 e. The fourth-order valence-electron chi connectivity index (χ4n) is 1.39. The van der Waals surface area contributed by atoms with Crippen molar-refractivity contribution in [3.05, 3.63) is 0 Å². The summed E-state index contributed by atoms with van der Waals surface area (Å²) in [5, 5.41) is 5.64. The lowest BCUT2D eigenvalue weighted by molar-refractivity contribution is -0.136. The normalized spacial score (nSPS) is 28.6. The van der Waals surface area contributed by atoms with E-state index >= 15 is 0 Å². The van der Waals surface area contributed by atoms with Gasteiger partial charge in [0.05, 0.1) is 0 Å². The van der Waals surface area contributed by atoms with Crippen molar-refractivity contribution < 1.29 is 9.59 Å². The van der Waals surface area contributed by atoms with Crippen LogP contribution in [0.1, 0.15) is 20.3 Å². The molecule has 0 saturated heterocycles. The summed E-state index contributed by atoms with van der Waals surface area (Å²) in [6, 6.07) is 0. The van der Waals surface area contributed by atoms with Gasteiger partial charge < -0.3 is 0 Å². The predicted octanol–water partition coefficient (Wildman–Crippen LogP) is 0.224. The van der Waals surface area contributed by atoms with E-state index in [0.717, 1.165) is 5.71 Å². The molecule has 1 atom stereocenters. The molecule has 12 heavy (non-hydrogen) atoms. The molecule has 0 amide bonds. The third-order valence-corrected chi connectivity index (χ3v) is 2.27. The first-order chi connectivity index (χ1) is 5.50. The summed E-state index contributed by atoms with van der Waals surface area (Å²) in [5.74, 6) is -0.411. The minimum absolute atomic E-state index is 0.366. The van der Waals surface area contributed by atoms with Crippen LogP contribution in [0.4, 0.5) is 0 Å². The van der Waals surface area contributed by atoms with Gasteiger partial charge in [0, 0.05) is 19.2 Å². The van der Waals surface area contributed by atoms with Crippen LogP contribution in [0.2, 0.25) is 0 Å². The van der Waals surface area contributed by atoms with Gasteiger partial charge in [0.25, 0.3) is 0 Å². The van der Waals surface area contributed by atoms with Gasteiger partial charge >= 0.3 is 0 Å². The minimum atomic E-state index is -0.744. The number of ketones is 1. The quantitative estimate of drug-likeness (QED) is 0.438. The second kappa shape index (κ2) is 2.69. The van der Waals surface area contributed by atoms with Crippen LogP contribution in [0.5, 0.6) is 0 Å². The van der Waals surface area contributed by atoms with Crippen LogP contribution in [0.3, 0.4) is 0 Å². The van der Waals surface area contributed by atoms with Crippen molar-refractivity contribution >= 4 is 17.8 Å². The molecule has 4 nitrogen and oxygen atoms in total. The number of hydrazone groups is 1. The Bertz CT molecular complexity index is 260. The number of carbonyl (C=O) groups is 2. The molecule has 0 aliphatic carbocycles. The molecule has 0 fully saturated rings. The molecule has 0 N–H and O–H groups in total. The first-order valence-electron chi connectivity index (χ1n) is 3.78. The molecule has 0 spiro atoms. The summed E-state index contributed by atoms with van der Waals surface area (Å²) in [6.45, 7) is 3.57. The molecular formula is C8H12N2O2. The van der Waals surface area contributed by atoms with E-state index in [1.807, 2.05) is 6.92 Å². The maximum atomic E-state index is 11.2. The molecule has 0 saturated carbocycles. The van der Waals surface area contributed by atoms with Gasteiger partial charge in [-0.05, 0) is 13.8 Å². The Labute approximate surface area is 71.2 Å². The predicted molar refractivity (Wildman–Crippen MR) is 45.0 cm³/mol. The first kappa shape index (κ1) is 8.90. The van der Waals surface area contributed by atoms with E-state index in [1.54, 1.807) is 19.0 Å². The van der Waals surface area contributed by atoms with Crippen molar-refractivity contribution in [1.29, 1.82) is 0 Å². The third-order valence-electron chi connectivity index (χ3n) is 2.27. The number of Topliss-reactive ketones (excluding diaryl/α,β-unsaturated/α-hetero) is 1. The second-order valence-corrected chi connectivity index (χ2v) is 3.29. The summed E-state index contributed by atoms with van der Waals surface area (Å²) < 4.78 is 0. The summed E-state index contributed by atoms with van der Waals surface area (Å²) in [7, 11) is 1.71. The number of carbonyl (C=O) groups excluding carboxylic acids is 2. The van der Waals surface area contributed by atoms with E-state index in [-0.39, 0.29) is 0 Å². The van der Waals surface area contributed by atoms with Crippen molar-refractivity contribution in [1.82, 2.24) is 5.01 Å². The minimum Gasteiger partial charge on any atom is -0.295 e. The van der Waals surface area contributed by atoms with Gasteiger partial charge in [0.15, 0.2) is 6.29 Å². The second-order valence-electron chi connectivity index (χ2n) is 3.29. The zero-order valence-electron chi connectivity index (χ0n) is 7.50. The molecule has 1 rings (SSSR count). The summed E-state index contributed by atoms with van der Waals surface area (Å²) in [6.07, 6.45) is 0.908. The maximum absolute atomic E-state index is 11.2. The summed E-state index contributed by atoms with van der Waals surface area (Å²) >= 11 is 0. The van der Waals surface area contributed by atoms with Crippen molar-refractivity contribution in [2.75, 3.05) is 7.05 Å². The molecule has 0 radical (unpaired) electrons. The van der Waals surface area contributed by atoms with Gasteiger partial charge in [0.2, 0.25) is 5.78 Å². The Hall–Kier alpha value is -1.19. The van der Waals surface area contributed by atoms with Crippen LogP contribution in [0.15, 0.2) is 5.10 Å². The molecule has 0 aromatic rings. The lowest BCUT2D eigenvalue weighted by Crippen LogP contribution is -2.45. The Morgan fingerprint density at radius 1 is 1.75 bits per heavy atom. The molecular weight excluding hydrogens is 156 g/mol. The standard InChI is InChI=1S/C8H12N2O2/c1-6-4-8(2,7(12)5-11)10(3)9-6/h5H,4H2,1-3H3. The van der Waals surface area contributed by atoms with E-state index in [2.05, 4.69) is 5.10 Å². The van der Waals surface area contributed by atoms with Crippen LogP contribution in [-0.2, 0) is 9.59 Å². The number of nitrogens with zero attached hydrogens (tertiary/aromatic N) is 2. The Morgan fingerprint density at radius 3 is 2.67 bits per heavy atom. The highest BCUT2D eigenvalue weighted by Crippen LogP contribution is 2.25. The topological polar surface area (TPSA) is 49.7 Å². The van der Waals surface area contributed by atoms with Gasteiger partial charge in [0.1, 0.15) is 5.54 Å². The van der Waals surface area contributed by atoms with Gasteiger partial charge in [-0.25, -0.2) is 0 Å². The average molecular weight is 168 g/mol. The molecule has 66 valence electrons. The van der Waals surface area contributed by atoms with Crippen LogP contribution in [0, 0.1) is 0 Å². The Morgan fingerprint density at radius 2 is 2.33 bits per heavy atom. The fraction of sp³-hybridized carbons (Fsp3) is 0.625. The van der Waals surface area contributed by atoms with Crippen molar-refractivity contribution in [2.24, 2.45) is 5.10 Å². The molecule has 1 unspecified atom stereocenters. The highest BCUT2D eigenvalue weighted by atomic mass is 16.2. The third kappa shape index (κ3) is 1.13. The Kier molecular flexibility index (Phi) is 2.00. The van der Waals surface area contributed by atoms with E-state index in [4.69, 9.17) is 0 Å². The van der Waals surface area contributed by atoms with Crippen LogP contribution < -0.4 is 0 Å². The van der Waals surface area contributed by atoms with Gasteiger partial charge in [-0.15, -0.1) is 0 Å². The fourth-order valence-corrected chi connectivity index (χ4v) is 1.39. The van der Waals surface area contributed by atoms with Crippen molar-refractivity contribution in [2.45, 2.75) is 25.8 Å². The zero-order chi connectivity index (χ0) is 9.35. The molecule has 0 aromatic heterocycles. The van der Waals surface area contributed by atoms with E-state index in [9.17, 15) is 9.59 Å². The average Bonchev–Trinajstić information content (AvgIpc) is 2.26. The molecule has 0 aromatic carbocycles. The van der Waals surface area contributed by atoms with Gasteiger partial charge in [-0.3, -0.25) is 14.6 Å². The maximum Gasteiger partial charge on any atom is 0.222 e. The lowest BCUT2D eigenvalue weighted by atomic mass is 9.92.